The van der Waals surface area contributed by atoms with Gasteiger partial charge in [-0.2, -0.15) is 0 Å². The number of aliphatic hydroxyl groups is 3. The molecule has 14 heteroatoms. The average molecular weight is 554 g/mol. The zero-order valence-corrected chi connectivity index (χ0v) is 22.4. The van der Waals surface area contributed by atoms with E-state index in [1.807, 2.05) is 0 Å². The number of amides is 1. The standard InChI is InChI=1S/C6H14O3.3C4H6O2.C3H7NO2.C3H4O2/c7-3-1-2-6(4-8)5-9;3*1-3(2)4(5)6;1-2-6-3(4)5;1-2-3(4)5/h6-9H,1-5H2;3*1H2,2H3,(H,5,6);2H2,1H3,(H2,4,5);2H,1H2,(H,4,5). The molecular formula is C24H43NO13. The van der Waals surface area contributed by atoms with Gasteiger partial charge in [0, 0.05) is 48.5 Å². The quantitative estimate of drug-likeness (QED) is 0.179. The van der Waals surface area contributed by atoms with Gasteiger partial charge < -0.3 is 46.2 Å². The molecule has 0 atom stereocenters. The summed E-state index contributed by atoms with van der Waals surface area (Å²) in [4.78, 5) is 47.6. The van der Waals surface area contributed by atoms with E-state index >= 15 is 0 Å². The Labute approximate surface area is 222 Å². The summed E-state index contributed by atoms with van der Waals surface area (Å²) in [6, 6.07) is 0. The minimum absolute atomic E-state index is 0.0104. The van der Waals surface area contributed by atoms with Crippen molar-refractivity contribution in [1.82, 2.24) is 0 Å². The van der Waals surface area contributed by atoms with E-state index in [0.717, 1.165) is 6.08 Å². The maximum Gasteiger partial charge on any atom is 0.404 e. The highest BCUT2D eigenvalue weighted by Crippen LogP contribution is 2.02. The van der Waals surface area contributed by atoms with Crippen molar-refractivity contribution < 1.29 is 64.5 Å². The summed E-state index contributed by atoms with van der Waals surface area (Å²) < 4.78 is 4.18. The molecule has 0 unspecified atom stereocenters. The molecule has 0 bridgehead atoms. The molecule has 222 valence electrons. The number of rotatable bonds is 10. The SMILES string of the molecule is C=C(C)C(=O)O.C=C(C)C(=O)O.C=C(C)C(=O)O.C=CC(=O)O.CCOC(N)=O.OCCCC(CO)CO. The average Bonchev–Trinajstić information content (AvgIpc) is 2.81. The summed E-state index contributed by atoms with van der Waals surface area (Å²) in [5.41, 5.74) is 5.07. The second kappa shape index (κ2) is 35.2. The van der Waals surface area contributed by atoms with Crippen molar-refractivity contribution in [3.05, 3.63) is 49.1 Å². The lowest BCUT2D eigenvalue weighted by Crippen LogP contribution is -2.11. The first-order valence-electron chi connectivity index (χ1n) is 10.6. The molecule has 0 spiro atoms. The molecule has 0 aromatic rings. The molecule has 9 N–H and O–H groups in total. The molecular weight excluding hydrogens is 510 g/mol. The van der Waals surface area contributed by atoms with Crippen molar-refractivity contribution in [3.63, 3.8) is 0 Å². The lowest BCUT2D eigenvalue weighted by Gasteiger charge is -2.07. The van der Waals surface area contributed by atoms with Crippen LogP contribution in [0.15, 0.2) is 49.1 Å². The molecule has 0 saturated heterocycles. The Morgan fingerprint density at radius 1 is 0.789 bits per heavy atom. The molecule has 0 aromatic heterocycles. The van der Waals surface area contributed by atoms with Gasteiger partial charge in [0.2, 0.25) is 0 Å². The highest BCUT2D eigenvalue weighted by Gasteiger charge is 2.03. The van der Waals surface area contributed by atoms with Crippen molar-refractivity contribution in [2.75, 3.05) is 26.4 Å². The van der Waals surface area contributed by atoms with E-state index in [4.69, 9.17) is 35.7 Å². The smallest absolute Gasteiger partial charge is 0.404 e. The van der Waals surface area contributed by atoms with Crippen LogP contribution in [-0.2, 0) is 23.9 Å². The summed E-state index contributed by atoms with van der Waals surface area (Å²) in [6.07, 6.45) is 1.48. The predicted molar refractivity (Wildman–Crippen MR) is 140 cm³/mol. The van der Waals surface area contributed by atoms with Crippen LogP contribution in [-0.4, -0.2) is 92.1 Å². The van der Waals surface area contributed by atoms with Gasteiger partial charge in [0.1, 0.15) is 0 Å². The fraction of sp³-hybridized carbons (Fsp3) is 0.458. The van der Waals surface area contributed by atoms with E-state index < -0.39 is 30.0 Å². The second-order valence-corrected chi connectivity index (χ2v) is 6.65. The molecule has 0 aliphatic carbocycles. The molecule has 1 amide bonds. The molecule has 0 aromatic carbocycles. The predicted octanol–water partition coefficient (Wildman–Crippen LogP) is 1.66. The number of hydrogen-bond donors (Lipinski definition) is 8. The van der Waals surface area contributed by atoms with Gasteiger partial charge in [0.25, 0.3) is 0 Å². The minimum Gasteiger partial charge on any atom is -0.478 e. The summed E-state index contributed by atoms with van der Waals surface area (Å²) in [6.45, 7) is 19.0. The fourth-order valence-electron chi connectivity index (χ4n) is 0.763. The van der Waals surface area contributed by atoms with E-state index in [2.05, 4.69) is 36.8 Å². The van der Waals surface area contributed by atoms with Crippen LogP contribution in [0.5, 0.6) is 0 Å². The number of aliphatic hydroxyl groups excluding tert-OH is 3. The van der Waals surface area contributed by atoms with Crippen LogP contribution in [0.1, 0.15) is 40.5 Å². The van der Waals surface area contributed by atoms with Crippen molar-refractivity contribution in [2.24, 2.45) is 11.7 Å². The van der Waals surface area contributed by atoms with Gasteiger partial charge >= 0.3 is 30.0 Å². The van der Waals surface area contributed by atoms with E-state index in [-0.39, 0.29) is 42.5 Å². The third kappa shape index (κ3) is 69.7. The Kier molecular flexibility index (Phi) is 43.7. The van der Waals surface area contributed by atoms with E-state index in [1.165, 1.54) is 20.8 Å². The van der Waals surface area contributed by atoms with Crippen molar-refractivity contribution >= 4 is 30.0 Å². The topological polar surface area (TPSA) is 262 Å². The van der Waals surface area contributed by atoms with Gasteiger partial charge in [0.05, 0.1) is 6.61 Å². The molecule has 0 radical (unpaired) electrons. The van der Waals surface area contributed by atoms with Crippen molar-refractivity contribution in [1.29, 1.82) is 0 Å². The number of carbonyl (C=O) groups excluding carboxylic acids is 1. The molecule has 0 saturated carbocycles. The van der Waals surface area contributed by atoms with Gasteiger partial charge in [-0.1, -0.05) is 26.3 Å². The van der Waals surface area contributed by atoms with Crippen LogP contribution < -0.4 is 5.73 Å². The molecule has 0 rings (SSSR count). The minimum atomic E-state index is -0.981. The van der Waals surface area contributed by atoms with Gasteiger partial charge in [-0.25, -0.2) is 24.0 Å². The van der Waals surface area contributed by atoms with Gasteiger partial charge in [0.15, 0.2) is 0 Å². The Bertz CT molecular complexity index is 634. The number of carboxylic acids is 4. The first-order valence-corrected chi connectivity index (χ1v) is 10.6. The summed E-state index contributed by atoms with van der Waals surface area (Å²) >= 11 is 0. The van der Waals surface area contributed by atoms with Crippen LogP contribution in [0.3, 0.4) is 0 Å². The van der Waals surface area contributed by atoms with E-state index in [9.17, 15) is 24.0 Å². The zero-order valence-electron chi connectivity index (χ0n) is 22.4. The number of nitrogens with two attached hydrogens (primary N) is 1. The van der Waals surface area contributed by atoms with Gasteiger partial charge in [-0.05, 0) is 40.5 Å². The lowest BCUT2D eigenvalue weighted by atomic mass is 10.1. The van der Waals surface area contributed by atoms with Crippen LogP contribution >= 0.6 is 0 Å². The Balaban J connectivity index is -0.0000000818. The van der Waals surface area contributed by atoms with Crippen molar-refractivity contribution in [2.45, 2.75) is 40.5 Å². The molecule has 14 nitrogen and oxygen atoms in total. The third-order valence-electron chi connectivity index (χ3n) is 2.84. The van der Waals surface area contributed by atoms with Crippen LogP contribution in [0.25, 0.3) is 0 Å². The van der Waals surface area contributed by atoms with Crippen molar-refractivity contribution in [3.8, 4) is 0 Å². The fourth-order valence-corrected chi connectivity index (χ4v) is 0.763. The van der Waals surface area contributed by atoms with E-state index in [1.54, 1.807) is 6.92 Å². The summed E-state index contributed by atoms with van der Waals surface area (Å²) in [5, 5.41) is 56.6. The number of hydrogen-bond acceptors (Lipinski definition) is 9. The van der Waals surface area contributed by atoms with Gasteiger partial charge in [-0.3, -0.25) is 0 Å². The van der Waals surface area contributed by atoms with Crippen LogP contribution in [0, 0.1) is 5.92 Å². The summed E-state index contributed by atoms with van der Waals surface area (Å²) in [7, 11) is 0. The maximum atomic E-state index is 9.60. The number of ether oxygens (including phenoxy) is 1. The molecule has 0 aliphatic rings. The third-order valence-corrected chi connectivity index (χ3v) is 2.84. The zero-order chi connectivity index (χ0) is 31.9. The summed E-state index contributed by atoms with van der Waals surface area (Å²) in [5.74, 6) is -3.83. The maximum absolute atomic E-state index is 9.60. The Morgan fingerprint density at radius 2 is 1.05 bits per heavy atom. The molecule has 38 heavy (non-hydrogen) atoms. The number of primary amides is 1. The molecule has 0 heterocycles. The molecule has 0 aliphatic heterocycles. The van der Waals surface area contributed by atoms with E-state index in [0.29, 0.717) is 19.4 Å². The first-order chi connectivity index (χ1) is 17.3. The number of aliphatic carboxylic acids is 4. The van der Waals surface area contributed by atoms with Crippen LogP contribution in [0.2, 0.25) is 0 Å². The number of carbonyl (C=O) groups is 5. The normalized spacial score (nSPS) is 8.11. The first kappa shape index (κ1) is 47.2. The largest absolute Gasteiger partial charge is 0.478 e. The number of carboxylic acid groups (broad SMARTS) is 4. The monoisotopic (exact) mass is 553 g/mol. The Hall–Kier alpha value is -4.01. The lowest BCUT2D eigenvalue weighted by molar-refractivity contribution is -0.133. The van der Waals surface area contributed by atoms with Crippen LogP contribution in [0.4, 0.5) is 4.79 Å². The second-order valence-electron chi connectivity index (χ2n) is 6.65. The van der Waals surface area contributed by atoms with Gasteiger partial charge in [-0.15, -0.1) is 0 Å². The highest BCUT2D eigenvalue weighted by molar-refractivity contribution is 5.85. The highest BCUT2D eigenvalue weighted by atomic mass is 16.5. The Morgan fingerprint density at radius 3 is 1.13 bits per heavy atom. The molecule has 0 fully saturated rings.